The second-order valence-corrected chi connectivity index (χ2v) is 5.91. The molecule has 2 N–H and O–H groups in total. The molecule has 0 aromatic rings. The van der Waals surface area contributed by atoms with Crippen LogP contribution in [-0.2, 0) is 0 Å². The Morgan fingerprint density at radius 2 is 2.06 bits per heavy atom. The zero-order valence-corrected chi connectivity index (χ0v) is 11.4. The molecule has 3 nitrogen and oxygen atoms in total. The predicted octanol–water partition coefficient (Wildman–Crippen LogP) is 1.45. The second kappa shape index (κ2) is 7.34. The highest BCUT2D eigenvalue weighted by molar-refractivity contribution is 4.77. The summed E-state index contributed by atoms with van der Waals surface area (Å²) in [7, 11) is 2.23. The standard InChI is InChI=1S/C14H29N3/c1-17-10-9-16-14(12-17)7-8-15-11-13-5-3-2-4-6-13/h13-16H,2-12H2,1H3. The number of hydrogen-bond acceptors (Lipinski definition) is 3. The summed E-state index contributed by atoms with van der Waals surface area (Å²) in [5.74, 6) is 0.964. The maximum atomic E-state index is 3.66. The summed E-state index contributed by atoms with van der Waals surface area (Å²) in [5, 5.41) is 7.26. The summed E-state index contributed by atoms with van der Waals surface area (Å²) in [6, 6.07) is 0.701. The van der Waals surface area contributed by atoms with E-state index in [9.17, 15) is 0 Å². The molecule has 17 heavy (non-hydrogen) atoms. The Hall–Kier alpha value is -0.120. The molecule has 0 aromatic heterocycles. The number of piperazine rings is 1. The maximum absolute atomic E-state index is 3.66. The molecule has 0 radical (unpaired) electrons. The zero-order valence-electron chi connectivity index (χ0n) is 11.4. The maximum Gasteiger partial charge on any atom is 0.0207 e. The van der Waals surface area contributed by atoms with Crippen molar-refractivity contribution in [2.24, 2.45) is 5.92 Å². The highest BCUT2D eigenvalue weighted by Crippen LogP contribution is 2.22. The first-order valence-corrected chi connectivity index (χ1v) is 7.47. The average Bonchev–Trinajstić information content (AvgIpc) is 2.36. The van der Waals surface area contributed by atoms with E-state index < -0.39 is 0 Å². The van der Waals surface area contributed by atoms with E-state index in [-0.39, 0.29) is 0 Å². The van der Waals surface area contributed by atoms with Crippen molar-refractivity contribution in [1.29, 1.82) is 0 Å². The van der Waals surface area contributed by atoms with Gasteiger partial charge in [0.15, 0.2) is 0 Å². The molecule has 1 unspecified atom stereocenters. The molecular weight excluding hydrogens is 210 g/mol. The minimum atomic E-state index is 0.701. The highest BCUT2D eigenvalue weighted by Gasteiger charge is 2.16. The second-order valence-electron chi connectivity index (χ2n) is 5.91. The third-order valence-corrected chi connectivity index (χ3v) is 4.29. The quantitative estimate of drug-likeness (QED) is 0.711. The number of nitrogens with zero attached hydrogens (tertiary/aromatic N) is 1. The molecule has 0 spiro atoms. The third kappa shape index (κ3) is 4.94. The van der Waals surface area contributed by atoms with E-state index in [1.807, 2.05) is 0 Å². The Bertz CT molecular complexity index is 202. The third-order valence-electron chi connectivity index (χ3n) is 4.29. The van der Waals surface area contributed by atoms with Gasteiger partial charge in [-0.15, -0.1) is 0 Å². The lowest BCUT2D eigenvalue weighted by Gasteiger charge is -2.31. The van der Waals surface area contributed by atoms with E-state index in [1.54, 1.807) is 0 Å². The van der Waals surface area contributed by atoms with Crippen molar-refractivity contribution in [3.63, 3.8) is 0 Å². The number of likely N-dealkylation sites (N-methyl/N-ethyl adjacent to an activating group) is 1. The van der Waals surface area contributed by atoms with Crippen LogP contribution in [0.4, 0.5) is 0 Å². The van der Waals surface area contributed by atoms with E-state index in [1.165, 1.54) is 64.7 Å². The van der Waals surface area contributed by atoms with Crippen LogP contribution >= 0.6 is 0 Å². The van der Waals surface area contributed by atoms with E-state index in [2.05, 4.69) is 22.6 Å². The Morgan fingerprint density at radius 3 is 2.82 bits per heavy atom. The van der Waals surface area contributed by atoms with Crippen LogP contribution in [-0.4, -0.2) is 50.7 Å². The lowest BCUT2D eigenvalue weighted by Crippen LogP contribution is -2.49. The van der Waals surface area contributed by atoms with Crippen LogP contribution in [0.3, 0.4) is 0 Å². The van der Waals surface area contributed by atoms with Gasteiger partial charge in [-0.1, -0.05) is 19.3 Å². The summed E-state index contributed by atoms with van der Waals surface area (Å²) in [6.45, 7) is 6.01. The van der Waals surface area contributed by atoms with Crippen LogP contribution in [0.2, 0.25) is 0 Å². The van der Waals surface area contributed by atoms with Crippen molar-refractivity contribution in [2.75, 3.05) is 39.8 Å². The molecule has 3 heteroatoms. The number of nitrogens with one attached hydrogen (secondary N) is 2. The van der Waals surface area contributed by atoms with Crippen molar-refractivity contribution in [2.45, 2.75) is 44.6 Å². The Kier molecular flexibility index (Phi) is 5.75. The van der Waals surface area contributed by atoms with Gasteiger partial charge in [0.05, 0.1) is 0 Å². The lowest BCUT2D eigenvalue weighted by molar-refractivity contribution is 0.229. The molecular formula is C14H29N3. The van der Waals surface area contributed by atoms with Crippen LogP contribution in [0.5, 0.6) is 0 Å². The molecule has 100 valence electrons. The van der Waals surface area contributed by atoms with Crippen LogP contribution in [0.25, 0.3) is 0 Å². The predicted molar refractivity (Wildman–Crippen MR) is 73.3 cm³/mol. The van der Waals surface area contributed by atoms with Crippen molar-refractivity contribution in [1.82, 2.24) is 15.5 Å². The molecule has 1 saturated carbocycles. The van der Waals surface area contributed by atoms with E-state index in [4.69, 9.17) is 0 Å². The normalized spacial score (nSPS) is 28.4. The van der Waals surface area contributed by atoms with Gasteiger partial charge in [0.25, 0.3) is 0 Å². The zero-order chi connectivity index (χ0) is 11.9. The molecule has 2 aliphatic rings. The first-order valence-electron chi connectivity index (χ1n) is 7.47. The minimum absolute atomic E-state index is 0.701. The fraction of sp³-hybridized carbons (Fsp3) is 1.00. The lowest BCUT2D eigenvalue weighted by atomic mass is 9.89. The van der Waals surface area contributed by atoms with Crippen molar-refractivity contribution in [3.8, 4) is 0 Å². The molecule has 1 atom stereocenters. The van der Waals surface area contributed by atoms with Gasteiger partial charge in [0.1, 0.15) is 0 Å². The van der Waals surface area contributed by atoms with Gasteiger partial charge in [-0.3, -0.25) is 0 Å². The monoisotopic (exact) mass is 239 g/mol. The van der Waals surface area contributed by atoms with Crippen molar-refractivity contribution in [3.05, 3.63) is 0 Å². The van der Waals surface area contributed by atoms with Crippen molar-refractivity contribution < 1.29 is 0 Å². The smallest absolute Gasteiger partial charge is 0.0207 e. The molecule has 0 bridgehead atoms. The van der Waals surface area contributed by atoms with Gasteiger partial charge < -0.3 is 15.5 Å². The van der Waals surface area contributed by atoms with Gasteiger partial charge in [0, 0.05) is 25.7 Å². The van der Waals surface area contributed by atoms with E-state index in [0.717, 1.165) is 12.5 Å². The van der Waals surface area contributed by atoms with Crippen molar-refractivity contribution >= 4 is 0 Å². The molecule has 0 amide bonds. The Balaban J connectivity index is 1.50. The first-order chi connectivity index (χ1) is 8.34. The minimum Gasteiger partial charge on any atom is -0.316 e. The Morgan fingerprint density at radius 1 is 1.24 bits per heavy atom. The molecule has 1 aliphatic carbocycles. The first kappa shape index (κ1) is 13.3. The molecule has 1 heterocycles. The number of rotatable bonds is 5. The topological polar surface area (TPSA) is 27.3 Å². The van der Waals surface area contributed by atoms with E-state index >= 15 is 0 Å². The molecule has 0 aromatic carbocycles. The summed E-state index contributed by atoms with van der Waals surface area (Å²) in [4.78, 5) is 2.43. The highest BCUT2D eigenvalue weighted by atomic mass is 15.2. The van der Waals surface area contributed by atoms with Gasteiger partial charge in [-0.05, 0) is 45.3 Å². The molecule has 1 aliphatic heterocycles. The molecule has 1 saturated heterocycles. The number of hydrogen-bond donors (Lipinski definition) is 2. The van der Waals surface area contributed by atoms with Crippen LogP contribution in [0, 0.1) is 5.92 Å². The van der Waals surface area contributed by atoms with Crippen LogP contribution < -0.4 is 10.6 Å². The molecule has 2 fully saturated rings. The SMILES string of the molecule is CN1CCNC(CCNCC2CCCCC2)C1. The average molecular weight is 239 g/mol. The fourth-order valence-corrected chi connectivity index (χ4v) is 3.16. The van der Waals surface area contributed by atoms with Gasteiger partial charge in [0.2, 0.25) is 0 Å². The summed E-state index contributed by atoms with van der Waals surface area (Å²) in [6.07, 6.45) is 8.57. The van der Waals surface area contributed by atoms with Crippen LogP contribution in [0.1, 0.15) is 38.5 Å². The fourth-order valence-electron chi connectivity index (χ4n) is 3.16. The summed E-state index contributed by atoms with van der Waals surface area (Å²) >= 11 is 0. The Labute approximate surface area is 106 Å². The van der Waals surface area contributed by atoms with Gasteiger partial charge in [-0.2, -0.15) is 0 Å². The van der Waals surface area contributed by atoms with Gasteiger partial charge in [-0.25, -0.2) is 0 Å². The largest absolute Gasteiger partial charge is 0.316 e. The summed E-state index contributed by atoms with van der Waals surface area (Å²) < 4.78 is 0. The van der Waals surface area contributed by atoms with Gasteiger partial charge >= 0.3 is 0 Å². The van der Waals surface area contributed by atoms with Crippen LogP contribution in [0.15, 0.2) is 0 Å². The van der Waals surface area contributed by atoms with E-state index in [0.29, 0.717) is 6.04 Å². The summed E-state index contributed by atoms with van der Waals surface area (Å²) in [5.41, 5.74) is 0. The molecule has 2 rings (SSSR count).